The number of amides is 2. The van der Waals surface area contributed by atoms with Crippen molar-refractivity contribution < 1.29 is 14.7 Å². The SMILES string of the molecule is C=C[C@H](CO)N1C(=O)c2ccccc2C1=O. The van der Waals surface area contributed by atoms with E-state index in [0.717, 1.165) is 4.90 Å². The Morgan fingerprint density at radius 2 is 1.75 bits per heavy atom. The number of aliphatic hydroxyl groups is 1. The van der Waals surface area contributed by atoms with Crippen LogP contribution in [0.15, 0.2) is 36.9 Å². The van der Waals surface area contributed by atoms with Gasteiger partial charge in [-0.15, -0.1) is 6.58 Å². The highest BCUT2D eigenvalue weighted by Crippen LogP contribution is 2.24. The minimum absolute atomic E-state index is 0.311. The molecule has 1 atom stereocenters. The predicted octanol–water partition coefficient (Wildman–Crippen LogP) is 0.830. The molecule has 0 saturated heterocycles. The maximum Gasteiger partial charge on any atom is 0.262 e. The van der Waals surface area contributed by atoms with Crippen LogP contribution < -0.4 is 0 Å². The third-order valence-electron chi connectivity index (χ3n) is 2.62. The van der Waals surface area contributed by atoms with E-state index in [1.165, 1.54) is 6.08 Å². The van der Waals surface area contributed by atoms with Gasteiger partial charge in [0.25, 0.3) is 11.8 Å². The largest absolute Gasteiger partial charge is 0.394 e. The van der Waals surface area contributed by atoms with Gasteiger partial charge in [-0.1, -0.05) is 18.2 Å². The van der Waals surface area contributed by atoms with Gasteiger partial charge < -0.3 is 5.11 Å². The molecule has 1 aromatic carbocycles. The number of benzene rings is 1. The fraction of sp³-hybridized carbons (Fsp3) is 0.167. The van der Waals surface area contributed by atoms with Crippen LogP contribution in [-0.4, -0.2) is 34.5 Å². The molecular weight excluding hydrogens is 206 g/mol. The Kier molecular flexibility index (Phi) is 2.58. The molecular formula is C12H11NO3. The van der Waals surface area contributed by atoms with Crippen molar-refractivity contribution in [1.82, 2.24) is 4.90 Å². The van der Waals surface area contributed by atoms with Gasteiger partial charge in [-0.2, -0.15) is 0 Å². The fourth-order valence-corrected chi connectivity index (χ4v) is 1.77. The topological polar surface area (TPSA) is 57.6 Å². The van der Waals surface area contributed by atoms with Crippen molar-refractivity contribution in [1.29, 1.82) is 0 Å². The van der Waals surface area contributed by atoms with Crippen molar-refractivity contribution in [3.05, 3.63) is 48.0 Å². The van der Waals surface area contributed by atoms with Gasteiger partial charge in [0.15, 0.2) is 0 Å². The Balaban J connectivity index is 2.46. The zero-order chi connectivity index (χ0) is 11.7. The van der Waals surface area contributed by atoms with Crippen molar-refractivity contribution in [2.45, 2.75) is 6.04 Å². The third kappa shape index (κ3) is 1.35. The van der Waals surface area contributed by atoms with Gasteiger partial charge in [0.1, 0.15) is 0 Å². The minimum Gasteiger partial charge on any atom is -0.394 e. The monoisotopic (exact) mass is 217 g/mol. The summed E-state index contributed by atoms with van der Waals surface area (Å²) in [5, 5.41) is 9.08. The summed E-state index contributed by atoms with van der Waals surface area (Å²) >= 11 is 0. The average molecular weight is 217 g/mol. The van der Waals surface area contributed by atoms with E-state index in [9.17, 15) is 9.59 Å². The Morgan fingerprint density at radius 1 is 1.25 bits per heavy atom. The predicted molar refractivity (Wildman–Crippen MR) is 58.0 cm³/mol. The second kappa shape index (κ2) is 3.90. The van der Waals surface area contributed by atoms with Crippen LogP contribution in [0.3, 0.4) is 0 Å². The van der Waals surface area contributed by atoms with Crippen LogP contribution in [0.4, 0.5) is 0 Å². The number of rotatable bonds is 3. The molecule has 16 heavy (non-hydrogen) atoms. The summed E-state index contributed by atoms with van der Waals surface area (Å²) in [4.78, 5) is 24.9. The number of fused-ring (bicyclic) bond motifs is 1. The van der Waals surface area contributed by atoms with E-state index >= 15 is 0 Å². The van der Waals surface area contributed by atoms with E-state index < -0.39 is 6.04 Å². The lowest BCUT2D eigenvalue weighted by molar-refractivity contribution is 0.0565. The van der Waals surface area contributed by atoms with Crippen LogP contribution in [0.2, 0.25) is 0 Å². The lowest BCUT2D eigenvalue weighted by atomic mass is 10.1. The molecule has 4 heteroatoms. The molecule has 4 nitrogen and oxygen atoms in total. The highest BCUT2D eigenvalue weighted by Gasteiger charge is 2.38. The van der Waals surface area contributed by atoms with Gasteiger partial charge in [0.2, 0.25) is 0 Å². The zero-order valence-corrected chi connectivity index (χ0v) is 8.59. The average Bonchev–Trinajstić information content (AvgIpc) is 2.57. The van der Waals surface area contributed by atoms with Gasteiger partial charge in [0.05, 0.1) is 23.8 Å². The number of aliphatic hydroxyl groups excluding tert-OH is 1. The Morgan fingerprint density at radius 3 is 2.12 bits per heavy atom. The molecule has 1 aliphatic heterocycles. The zero-order valence-electron chi connectivity index (χ0n) is 8.59. The first-order valence-corrected chi connectivity index (χ1v) is 4.91. The smallest absolute Gasteiger partial charge is 0.262 e. The summed E-state index contributed by atoms with van der Waals surface area (Å²) in [7, 11) is 0. The Labute approximate surface area is 92.8 Å². The molecule has 1 aliphatic rings. The number of carbonyl (C=O) groups excluding carboxylic acids is 2. The van der Waals surface area contributed by atoms with Gasteiger partial charge in [-0.25, -0.2) is 0 Å². The first kappa shape index (κ1) is 10.6. The highest BCUT2D eigenvalue weighted by molar-refractivity contribution is 6.21. The maximum atomic E-state index is 11.9. The number of nitrogens with zero attached hydrogens (tertiary/aromatic N) is 1. The van der Waals surface area contributed by atoms with E-state index in [-0.39, 0.29) is 18.4 Å². The summed E-state index contributed by atoms with van der Waals surface area (Å²) in [6.07, 6.45) is 1.39. The first-order valence-electron chi connectivity index (χ1n) is 4.91. The summed E-state index contributed by atoms with van der Waals surface area (Å²) < 4.78 is 0. The number of hydrogen-bond acceptors (Lipinski definition) is 3. The molecule has 1 heterocycles. The lowest BCUT2D eigenvalue weighted by Crippen LogP contribution is -2.40. The molecule has 0 saturated carbocycles. The van der Waals surface area contributed by atoms with Gasteiger partial charge in [0, 0.05) is 0 Å². The quantitative estimate of drug-likeness (QED) is 0.602. The molecule has 1 aromatic rings. The van der Waals surface area contributed by atoms with Crippen molar-refractivity contribution in [3.8, 4) is 0 Å². The van der Waals surface area contributed by atoms with Crippen LogP contribution >= 0.6 is 0 Å². The van der Waals surface area contributed by atoms with Gasteiger partial charge in [-0.05, 0) is 12.1 Å². The number of carbonyl (C=O) groups is 2. The van der Waals surface area contributed by atoms with E-state index in [2.05, 4.69) is 6.58 Å². The van der Waals surface area contributed by atoms with Crippen molar-refractivity contribution >= 4 is 11.8 Å². The summed E-state index contributed by atoms with van der Waals surface area (Å²) in [5.41, 5.74) is 0.764. The molecule has 82 valence electrons. The van der Waals surface area contributed by atoms with Crippen LogP contribution in [0, 0.1) is 0 Å². The number of imide groups is 1. The molecule has 0 radical (unpaired) electrons. The molecule has 2 rings (SSSR count). The normalized spacial score (nSPS) is 16.2. The van der Waals surface area contributed by atoms with Crippen LogP contribution in [-0.2, 0) is 0 Å². The Hall–Kier alpha value is -1.94. The van der Waals surface area contributed by atoms with Crippen molar-refractivity contribution in [2.75, 3.05) is 6.61 Å². The highest BCUT2D eigenvalue weighted by atomic mass is 16.3. The molecule has 0 fully saturated rings. The van der Waals surface area contributed by atoms with Crippen LogP contribution in [0.25, 0.3) is 0 Å². The molecule has 0 spiro atoms. The second-order valence-corrected chi connectivity index (χ2v) is 3.51. The first-order chi connectivity index (χ1) is 7.70. The second-order valence-electron chi connectivity index (χ2n) is 3.51. The summed E-state index contributed by atoms with van der Waals surface area (Å²) in [5.74, 6) is -0.751. The molecule has 1 N–H and O–H groups in total. The molecule has 0 unspecified atom stereocenters. The van der Waals surface area contributed by atoms with E-state index in [1.54, 1.807) is 24.3 Å². The van der Waals surface area contributed by atoms with Crippen LogP contribution in [0.5, 0.6) is 0 Å². The van der Waals surface area contributed by atoms with E-state index in [1.807, 2.05) is 0 Å². The third-order valence-corrected chi connectivity index (χ3v) is 2.62. The summed E-state index contributed by atoms with van der Waals surface area (Å²) in [6.45, 7) is 3.19. The van der Waals surface area contributed by atoms with E-state index in [4.69, 9.17) is 5.11 Å². The van der Waals surface area contributed by atoms with Gasteiger partial charge in [-0.3, -0.25) is 14.5 Å². The summed E-state index contributed by atoms with van der Waals surface area (Å²) in [6, 6.07) is 5.96. The molecule has 2 amide bonds. The van der Waals surface area contributed by atoms with E-state index in [0.29, 0.717) is 11.1 Å². The van der Waals surface area contributed by atoms with Crippen molar-refractivity contribution in [2.24, 2.45) is 0 Å². The fourth-order valence-electron chi connectivity index (χ4n) is 1.77. The number of hydrogen-bond donors (Lipinski definition) is 1. The molecule has 0 bridgehead atoms. The minimum atomic E-state index is -0.660. The van der Waals surface area contributed by atoms with Crippen molar-refractivity contribution in [3.63, 3.8) is 0 Å². The van der Waals surface area contributed by atoms with Crippen LogP contribution in [0.1, 0.15) is 20.7 Å². The molecule has 0 aliphatic carbocycles. The lowest BCUT2D eigenvalue weighted by Gasteiger charge is -2.20. The van der Waals surface area contributed by atoms with Gasteiger partial charge >= 0.3 is 0 Å². The Bertz CT molecular complexity index is 432. The molecule has 0 aromatic heterocycles. The maximum absolute atomic E-state index is 11.9. The standard InChI is InChI=1S/C12H11NO3/c1-2-8(7-14)13-11(15)9-5-3-4-6-10(9)12(13)16/h2-6,8,14H,1,7H2/t8-/m1/s1.